The number of benzene rings is 7. The summed E-state index contributed by atoms with van der Waals surface area (Å²) >= 11 is 0. The van der Waals surface area contributed by atoms with Crippen molar-refractivity contribution in [3.8, 4) is 56.5 Å². The number of hydrogen-bond acceptors (Lipinski definition) is 2. The molecule has 0 amide bonds. The van der Waals surface area contributed by atoms with Crippen LogP contribution in [0.2, 0.25) is 0 Å². The maximum atomic E-state index is 6.78. The molecule has 0 aliphatic heterocycles. The lowest BCUT2D eigenvalue weighted by molar-refractivity contribution is 0.482. The molecule has 4 heteroatoms. The molecule has 7 aromatic carbocycles. The third kappa shape index (κ3) is 5.79. The van der Waals surface area contributed by atoms with E-state index in [1.54, 1.807) is 0 Å². The number of hydrogen-bond donors (Lipinski definition) is 0. The van der Waals surface area contributed by atoms with Gasteiger partial charge >= 0.3 is 0 Å². The number of fused-ring (bicyclic) bond motifs is 3. The van der Waals surface area contributed by atoms with E-state index < -0.39 is 0 Å². The maximum absolute atomic E-state index is 6.78. The Labute approximate surface area is 310 Å². The van der Waals surface area contributed by atoms with Crippen molar-refractivity contribution in [1.29, 1.82) is 0 Å². The quantitative estimate of drug-likeness (QED) is 0.167. The lowest BCUT2D eigenvalue weighted by atomic mass is 9.90. The molecule has 0 aliphatic rings. The first-order chi connectivity index (χ1) is 25.9. The van der Waals surface area contributed by atoms with Crippen LogP contribution in [0.3, 0.4) is 0 Å². The second-order valence-electron chi connectivity index (χ2n) is 14.0. The van der Waals surface area contributed by atoms with Crippen LogP contribution in [0.1, 0.15) is 22.3 Å². The molecule has 53 heavy (non-hydrogen) atoms. The molecular formula is C49H39N3O. The second kappa shape index (κ2) is 13.2. The van der Waals surface area contributed by atoms with Crippen molar-refractivity contribution in [2.75, 3.05) is 0 Å². The van der Waals surface area contributed by atoms with Crippen LogP contribution in [0, 0.1) is 27.7 Å². The van der Waals surface area contributed by atoms with Crippen LogP contribution in [-0.4, -0.2) is 14.3 Å². The van der Waals surface area contributed by atoms with Gasteiger partial charge < -0.3 is 9.30 Å². The normalized spacial score (nSPS) is 11.4. The zero-order chi connectivity index (χ0) is 36.1. The summed E-state index contributed by atoms with van der Waals surface area (Å²) < 4.78 is 11.2. The fourth-order valence-corrected chi connectivity index (χ4v) is 7.82. The summed E-state index contributed by atoms with van der Waals surface area (Å²) in [5.41, 5.74) is 15.6. The minimum atomic E-state index is 0.752. The minimum absolute atomic E-state index is 0.752. The highest BCUT2D eigenvalue weighted by molar-refractivity contribution is 6.09. The molecule has 9 aromatic rings. The molecule has 2 aromatic heterocycles. The molecule has 0 radical (unpaired) electrons. The van der Waals surface area contributed by atoms with Gasteiger partial charge in [-0.25, -0.2) is 4.68 Å². The lowest BCUT2D eigenvalue weighted by Gasteiger charge is -2.16. The van der Waals surface area contributed by atoms with Gasteiger partial charge in [0.05, 0.1) is 22.4 Å². The van der Waals surface area contributed by atoms with Crippen molar-refractivity contribution < 1.29 is 4.74 Å². The number of rotatable bonds is 7. The molecule has 0 fully saturated rings. The lowest BCUT2D eigenvalue weighted by Crippen LogP contribution is -2.01. The zero-order valence-electron chi connectivity index (χ0n) is 30.3. The Bertz CT molecular complexity index is 2770. The Morgan fingerprint density at radius 3 is 1.87 bits per heavy atom. The molecule has 0 spiro atoms. The first kappa shape index (κ1) is 32.3. The monoisotopic (exact) mass is 685 g/mol. The van der Waals surface area contributed by atoms with E-state index in [0.717, 1.165) is 62.0 Å². The van der Waals surface area contributed by atoms with Crippen molar-refractivity contribution in [2.24, 2.45) is 0 Å². The van der Waals surface area contributed by atoms with E-state index in [1.807, 2.05) is 0 Å². The van der Waals surface area contributed by atoms with Crippen LogP contribution in [0.25, 0.3) is 66.8 Å². The molecule has 0 N–H and O–H groups in total. The van der Waals surface area contributed by atoms with Gasteiger partial charge in [-0.3, -0.25) is 0 Å². The number of ether oxygens (including phenoxy) is 1. The Morgan fingerprint density at radius 1 is 0.453 bits per heavy atom. The van der Waals surface area contributed by atoms with Crippen LogP contribution in [0.15, 0.2) is 164 Å². The van der Waals surface area contributed by atoms with Gasteiger partial charge in [0.15, 0.2) is 0 Å². The van der Waals surface area contributed by atoms with E-state index in [1.165, 1.54) is 38.5 Å². The summed E-state index contributed by atoms with van der Waals surface area (Å²) in [6.07, 6.45) is 0. The predicted molar refractivity (Wildman–Crippen MR) is 220 cm³/mol. The van der Waals surface area contributed by atoms with Gasteiger partial charge in [0.2, 0.25) is 0 Å². The predicted octanol–water partition coefficient (Wildman–Crippen LogP) is 13.0. The topological polar surface area (TPSA) is 32.0 Å². The van der Waals surface area contributed by atoms with E-state index in [9.17, 15) is 0 Å². The third-order valence-corrected chi connectivity index (χ3v) is 10.1. The number of para-hydroxylation sites is 1. The Morgan fingerprint density at radius 2 is 1.11 bits per heavy atom. The highest BCUT2D eigenvalue weighted by atomic mass is 16.5. The van der Waals surface area contributed by atoms with Gasteiger partial charge in [0.1, 0.15) is 17.2 Å². The van der Waals surface area contributed by atoms with Crippen molar-refractivity contribution >= 4 is 21.8 Å². The van der Waals surface area contributed by atoms with Crippen molar-refractivity contribution in [3.05, 3.63) is 186 Å². The first-order valence-corrected chi connectivity index (χ1v) is 18.1. The largest absolute Gasteiger partial charge is 0.457 e. The van der Waals surface area contributed by atoms with Crippen molar-refractivity contribution in [1.82, 2.24) is 14.3 Å². The van der Waals surface area contributed by atoms with Crippen LogP contribution < -0.4 is 4.74 Å². The molecule has 0 atom stereocenters. The smallest absolute Gasteiger partial charge is 0.129 e. The van der Waals surface area contributed by atoms with Crippen LogP contribution in [0.4, 0.5) is 0 Å². The summed E-state index contributed by atoms with van der Waals surface area (Å²) in [6.45, 7) is 8.64. The Hall–Kier alpha value is -6.65. The SMILES string of the molecule is Cc1cc(Oc2ccc3c4ccccc4n(-c4cccc(C)c4)c3c2)cc(-n2nc(-c3ccccc3)c(-c3c(C)cccc3C)c2-c2ccccc2)c1. The first-order valence-electron chi connectivity index (χ1n) is 18.1. The average Bonchev–Trinajstić information content (AvgIpc) is 3.72. The Balaban J connectivity index is 1.22. The summed E-state index contributed by atoms with van der Waals surface area (Å²) in [5, 5.41) is 7.86. The summed E-state index contributed by atoms with van der Waals surface area (Å²) in [6, 6.07) is 57.7. The average molecular weight is 686 g/mol. The van der Waals surface area contributed by atoms with Gasteiger partial charge in [-0.2, -0.15) is 5.10 Å². The number of aromatic nitrogens is 3. The second-order valence-corrected chi connectivity index (χ2v) is 14.0. The van der Waals surface area contributed by atoms with E-state index in [-0.39, 0.29) is 0 Å². The summed E-state index contributed by atoms with van der Waals surface area (Å²) in [4.78, 5) is 0. The molecule has 0 bridgehead atoms. The van der Waals surface area contributed by atoms with E-state index in [2.05, 4.69) is 201 Å². The number of aryl methyl sites for hydroxylation is 4. The Kier molecular flexibility index (Phi) is 8.01. The van der Waals surface area contributed by atoms with Gasteiger partial charge in [0, 0.05) is 45.3 Å². The molecule has 4 nitrogen and oxygen atoms in total. The standard InChI is InChI=1S/C49H39N3O/c1-32-15-13-22-38(27-32)51-44-24-12-11-23-42(44)43-26-25-40(31-45(43)51)53-41-29-33(2)28-39(30-41)52-49(37-20-9-6-10-21-37)47(46-34(3)16-14-17-35(46)4)48(50-52)36-18-7-5-8-19-36/h5-31H,1-4H3. The molecule has 2 heterocycles. The summed E-state index contributed by atoms with van der Waals surface area (Å²) in [7, 11) is 0. The zero-order valence-corrected chi connectivity index (χ0v) is 30.3. The maximum Gasteiger partial charge on any atom is 0.129 e. The molecule has 9 rings (SSSR count). The van der Waals surface area contributed by atoms with Gasteiger partial charge in [-0.05, 0) is 98.0 Å². The van der Waals surface area contributed by atoms with Crippen LogP contribution in [-0.2, 0) is 0 Å². The molecular weight excluding hydrogens is 647 g/mol. The highest BCUT2D eigenvalue weighted by Crippen LogP contribution is 2.44. The minimum Gasteiger partial charge on any atom is -0.457 e. The summed E-state index contributed by atoms with van der Waals surface area (Å²) in [5.74, 6) is 1.53. The third-order valence-electron chi connectivity index (χ3n) is 10.1. The molecule has 256 valence electrons. The molecule has 0 saturated heterocycles. The molecule has 0 unspecified atom stereocenters. The van der Waals surface area contributed by atoms with E-state index in [4.69, 9.17) is 9.84 Å². The van der Waals surface area contributed by atoms with E-state index >= 15 is 0 Å². The van der Waals surface area contributed by atoms with Crippen molar-refractivity contribution in [3.63, 3.8) is 0 Å². The van der Waals surface area contributed by atoms with Crippen LogP contribution >= 0.6 is 0 Å². The van der Waals surface area contributed by atoms with E-state index in [0.29, 0.717) is 0 Å². The fourth-order valence-electron chi connectivity index (χ4n) is 7.82. The van der Waals surface area contributed by atoms with Crippen LogP contribution in [0.5, 0.6) is 11.5 Å². The molecule has 0 aliphatic carbocycles. The fraction of sp³-hybridized carbons (Fsp3) is 0.0816. The van der Waals surface area contributed by atoms with Crippen molar-refractivity contribution in [2.45, 2.75) is 27.7 Å². The van der Waals surface area contributed by atoms with Gasteiger partial charge in [-0.1, -0.05) is 109 Å². The number of nitrogens with zero attached hydrogens (tertiary/aromatic N) is 3. The molecule has 0 saturated carbocycles. The van der Waals surface area contributed by atoms with Gasteiger partial charge in [0.25, 0.3) is 0 Å². The van der Waals surface area contributed by atoms with Gasteiger partial charge in [-0.15, -0.1) is 0 Å². The highest BCUT2D eigenvalue weighted by Gasteiger charge is 2.25.